The summed E-state index contributed by atoms with van der Waals surface area (Å²) < 4.78 is 11.8. The number of amides is 2. The Bertz CT molecular complexity index is 834. The maximum Gasteiger partial charge on any atom is 0.262 e. The molecular formula is C20H21BrN2O4. The van der Waals surface area contributed by atoms with E-state index in [9.17, 15) is 9.59 Å². The normalized spacial score (nSPS) is 13.9. The number of anilines is 1. The number of benzene rings is 2. The van der Waals surface area contributed by atoms with Gasteiger partial charge in [-0.2, -0.15) is 0 Å². The van der Waals surface area contributed by atoms with Crippen LogP contribution < -0.4 is 10.1 Å². The van der Waals surface area contributed by atoms with E-state index in [1.807, 2.05) is 25.1 Å². The van der Waals surface area contributed by atoms with Crippen LogP contribution in [0.4, 0.5) is 5.69 Å². The van der Waals surface area contributed by atoms with Crippen molar-refractivity contribution >= 4 is 33.4 Å². The third-order valence-corrected chi connectivity index (χ3v) is 4.72. The second-order valence-electron chi connectivity index (χ2n) is 6.20. The first-order chi connectivity index (χ1) is 13.0. The molecule has 2 aromatic rings. The molecule has 2 amide bonds. The summed E-state index contributed by atoms with van der Waals surface area (Å²) in [6.07, 6.45) is 0. The van der Waals surface area contributed by atoms with Crippen LogP contribution in [-0.2, 0) is 9.53 Å². The van der Waals surface area contributed by atoms with Gasteiger partial charge in [-0.1, -0.05) is 28.1 Å². The molecule has 142 valence electrons. The summed E-state index contributed by atoms with van der Waals surface area (Å²) in [7, 11) is 0. The summed E-state index contributed by atoms with van der Waals surface area (Å²) in [5.74, 6) is 0.212. The van der Waals surface area contributed by atoms with Gasteiger partial charge in [-0.25, -0.2) is 0 Å². The quantitative estimate of drug-likeness (QED) is 0.787. The molecule has 1 N–H and O–H groups in total. The fraction of sp³-hybridized carbons (Fsp3) is 0.300. The Morgan fingerprint density at radius 1 is 1.19 bits per heavy atom. The topological polar surface area (TPSA) is 67.9 Å². The van der Waals surface area contributed by atoms with Crippen LogP contribution in [0.25, 0.3) is 0 Å². The van der Waals surface area contributed by atoms with Gasteiger partial charge in [0, 0.05) is 17.6 Å². The second kappa shape index (κ2) is 9.01. The number of para-hydroxylation sites is 1. The molecule has 1 aliphatic rings. The SMILES string of the molecule is Cc1cc(Br)ccc1OCC(=O)Nc1ccccc1C(=O)N1CCOCC1. The van der Waals surface area contributed by atoms with E-state index in [0.29, 0.717) is 43.3 Å². The van der Waals surface area contributed by atoms with Crippen LogP contribution in [0.3, 0.4) is 0 Å². The minimum Gasteiger partial charge on any atom is -0.483 e. The molecule has 0 unspecified atom stereocenters. The fourth-order valence-electron chi connectivity index (χ4n) is 2.82. The average Bonchev–Trinajstić information content (AvgIpc) is 2.68. The van der Waals surface area contributed by atoms with E-state index >= 15 is 0 Å². The van der Waals surface area contributed by atoms with Crippen molar-refractivity contribution in [1.29, 1.82) is 0 Å². The van der Waals surface area contributed by atoms with Crippen LogP contribution >= 0.6 is 15.9 Å². The third kappa shape index (κ3) is 5.08. The van der Waals surface area contributed by atoms with Gasteiger partial charge in [0.1, 0.15) is 5.75 Å². The number of rotatable bonds is 5. The van der Waals surface area contributed by atoms with Gasteiger partial charge >= 0.3 is 0 Å². The van der Waals surface area contributed by atoms with Crippen molar-refractivity contribution in [2.45, 2.75) is 6.92 Å². The molecule has 6 nitrogen and oxygen atoms in total. The van der Waals surface area contributed by atoms with Gasteiger partial charge in [0.25, 0.3) is 11.8 Å². The summed E-state index contributed by atoms with van der Waals surface area (Å²) >= 11 is 3.40. The van der Waals surface area contributed by atoms with Crippen LogP contribution in [0.15, 0.2) is 46.9 Å². The molecule has 3 rings (SSSR count). The lowest BCUT2D eigenvalue weighted by molar-refractivity contribution is -0.118. The summed E-state index contributed by atoms with van der Waals surface area (Å²) in [6, 6.07) is 12.6. The molecule has 1 aliphatic heterocycles. The van der Waals surface area contributed by atoms with Crippen LogP contribution in [0, 0.1) is 6.92 Å². The Morgan fingerprint density at radius 3 is 2.67 bits per heavy atom. The number of nitrogens with zero attached hydrogens (tertiary/aromatic N) is 1. The van der Waals surface area contributed by atoms with Crippen LogP contribution in [-0.4, -0.2) is 49.6 Å². The minimum absolute atomic E-state index is 0.112. The number of aryl methyl sites for hydroxylation is 1. The number of carbonyl (C=O) groups is 2. The zero-order valence-electron chi connectivity index (χ0n) is 15.0. The standard InChI is InChI=1S/C20H21BrN2O4/c1-14-12-15(21)6-7-18(14)27-13-19(24)22-17-5-3-2-4-16(17)20(25)23-8-10-26-11-9-23/h2-7,12H,8-11,13H2,1H3,(H,22,24). The van der Waals surface area contributed by atoms with Gasteiger partial charge in [0.05, 0.1) is 24.5 Å². The Hall–Kier alpha value is -2.38. The molecule has 1 saturated heterocycles. The molecule has 0 spiro atoms. The minimum atomic E-state index is -0.320. The average molecular weight is 433 g/mol. The predicted octanol–water partition coefficient (Wildman–Crippen LogP) is 3.25. The maximum atomic E-state index is 12.7. The van der Waals surface area contributed by atoms with E-state index in [1.165, 1.54) is 0 Å². The summed E-state index contributed by atoms with van der Waals surface area (Å²) in [6.45, 7) is 3.93. The Balaban J connectivity index is 1.64. The molecule has 7 heteroatoms. The summed E-state index contributed by atoms with van der Waals surface area (Å²) in [5, 5.41) is 2.78. The fourth-order valence-corrected chi connectivity index (χ4v) is 3.30. The lowest BCUT2D eigenvalue weighted by atomic mass is 10.1. The summed E-state index contributed by atoms with van der Waals surface area (Å²) in [4.78, 5) is 26.8. The molecule has 0 aromatic heterocycles. The molecule has 0 atom stereocenters. The predicted molar refractivity (Wildman–Crippen MR) is 106 cm³/mol. The molecule has 0 saturated carbocycles. The van der Waals surface area contributed by atoms with E-state index in [4.69, 9.17) is 9.47 Å². The number of nitrogens with one attached hydrogen (secondary N) is 1. The highest BCUT2D eigenvalue weighted by Crippen LogP contribution is 2.22. The number of hydrogen-bond acceptors (Lipinski definition) is 4. The van der Waals surface area contributed by atoms with Crippen LogP contribution in [0.1, 0.15) is 15.9 Å². The molecule has 1 heterocycles. The Kier molecular flexibility index (Phi) is 6.47. The second-order valence-corrected chi connectivity index (χ2v) is 7.11. The zero-order valence-corrected chi connectivity index (χ0v) is 16.6. The molecule has 0 aliphatic carbocycles. The number of morpholine rings is 1. The van der Waals surface area contributed by atoms with Gasteiger partial charge in [-0.05, 0) is 42.8 Å². The number of ether oxygens (including phenoxy) is 2. The first-order valence-electron chi connectivity index (χ1n) is 8.69. The van der Waals surface area contributed by atoms with Crippen molar-refractivity contribution in [2.24, 2.45) is 0 Å². The molecule has 27 heavy (non-hydrogen) atoms. The molecule has 0 radical (unpaired) electrons. The first-order valence-corrected chi connectivity index (χ1v) is 9.49. The van der Waals surface area contributed by atoms with E-state index in [0.717, 1.165) is 10.0 Å². The van der Waals surface area contributed by atoms with Crippen molar-refractivity contribution in [3.63, 3.8) is 0 Å². The van der Waals surface area contributed by atoms with Crippen molar-refractivity contribution in [2.75, 3.05) is 38.2 Å². The van der Waals surface area contributed by atoms with Crippen LogP contribution in [0.2, 0.25) is 0 Å². The van der Waals surface area contributed by atoms with E-state index < -0.39 is 0 Å². The van der Waals surface area contributed by atoms with Gasteiger partial charge < -0.3 is 19.7 Å². The third-order valence-electron chi connectivity index (χ3n) is 4.23. The molecular weight excluding hydrogens is 412 g/mol. The number of carbonyl (C=O) groups excluding carboxylic acids is 2. The maximum absolute atomic E-state index is 12.7. The summed E-state index contributed by atoms with van der Waals surface area (Å²) in [5.41, 5.74) is 1.88. The Morgan fingerprint density at radius 2 is 1.93 bits per heavy atom. The molecule has 2 aromatic carbocycles. The van der Waals surface area contributed by atoms with Gasteiger partial charge in [-0.3, -0.25) is 9.59 Å². The number of hydrogen-bond donors (Lipinski definition) is 1. The highest BCUT2D eigenvalue weighted by atomic mass is 79.9. The van der Waals surface area contributed by atoms with Crippen molar-refractivity contribution in [3.8, 4) is 5.75 Å². The van der Waals surface area contributed by atoms with E-state index in [-0.39, 0.29) is 18.4 Å². The monoisotopic (exact) mass is 432 g/mol. The Labute approximate surface area is 166 Å². The van der Waals surface area contributed by atoms with Crippen LogP contribution in [0.5, 0.6) is 5.75 Å². The largest absolute Gasteiger partial charge is 0.483 e. The van der Waals surface area contributed by atoms with Crippen molar-refractivity contribution in [1.82, 2.24) is 4.90 Å². The van der Waals surface area contributed by atoms with Gasteiger partial charge in [0.2, 0.25) is 0 Å². The smallest absolute Gasteiger partial charge is 0.262 e. The molecule has 1 fully saturated rings. The van der Waals surface area contributed by atoms with Gasteiger partial charge in [0.15, 0.2) is 6.61 Å². The lowest BCUT2D eigenvalue weighted by Gasteiger charge is -2.27. The molecule has 0 bridgehead atoms. The number of halogens is 1. The van der Waals surface area contributed by atoms with Crippen molar-refractivity contribution < 1.29 is 19.1 Å². The highest BCUT2D eigenvalue weighted by Gasteiger charge is 2.21. The highest BCUT2D eigenvalue weighted by molar-refractivity contribution is 9.10. The van der Waals surface area contributed by atoms with Crippen molar-refractivity contribution in [3.05, 3.63) is 58.1 Å². The van der Waals surface area contributed by atoms with E-state index in [2.05, 4.69) is 21.2 Å². The van der Waals surface area contributed by atoms with Gasteiger partial charge in [-0.15, -0.1) is 0 Å². The zero-order chi connectivity index (χ0) is 19.2. The first kappa shape index (κ1) is 19.4. The van der Waals surface area contributed by atoms with E-state index in [1.54, 1.807) is 29.2 Å². The lowest BCUT2D eigenvalue weighted by Crippen LogP contribution is -2.41.